The lowest BCUT2D eigenvalue weighted by molar-refractivity contribution is 0.880. The zero-order valence-corrected chi connectivity index (χ0v) is 32.8. The van der Waals surface area contributed by atoms with E-state index in [0.717, 1.165) is 40.9 Å². The molecule has 2 heteroatoms. The Morgan fingerprint density at radius 2 is 1.02 bits per heavy atom. The molecule has 8 aromatic rings. The van der Waals surface area contributed by atoms with E-state index in [1.807, 2.05) is 0 Å². The monoisotopic (exact) mass is 742 g/mol. The molecule has 0 unspecified atom stereocenters. The number of rotatable bonds is 5. The number of nitrogens with zero attached hydrogens (tertiary/aromatic N) is 2. The second-order valence-electron chi connectivity index (χ2n) is 15.9. The fourth-order valence-corrected chi connectivity index (χ4v) is 9.59. The average molecular weight is 743 g/mol. The van der Waals surface area contributed by atoms with E-state index in [1.54, 1.807) is 0 Å². The van der Waals surface area contributed by atoms with Gasteiger partial charge in [0.15, 0.2) is 0 Å². The van der Waals surface area contributed by atoms with Crippen LogP contribution in [0, 0.1) is 0 Å². The topological polar surface area (TPSA) is 16.1 Å². The van der Waals surface area contributed by atoms with E-state index >= 15 is 0 Å². The van der Waals surface area contributed by atoms with Gasteiger partial charge in [-0.05, 0) is 117 Å². The molecule has 1 aliphatic carbocycles. The molecular weight excluding hydrogens is 701 g/mol. The maximum absolute atomic E-state index is 5.22. The SMILES string of the molecule is CC1=C2c3ccccc3C3=C([C@H](C)c4ccc(-c5cccc(-c6cccc(-c7cc(-c8ccccc8)cc(-c8ccccc8)n7)c6)c5)cc43)N2c2ccccc2CC1. The molecule has 3 heterocycles. The van der Waals surface area contributed by atoms with Gasteiger partial charge in [-0.1, -0.05) is 159 Å². The number of para-hydroxylation sites is 1. The zero-order valence-electron chi connectivity index (χ0n) is 32.8. The number of benzene rings is 7. The Labute approximate surface area is 341 Å². The summed E-state index contributed by atoms with van der Waals surface area (Å²) in [7, 11) is 0. The van der Waals surface area contributed by atoms with Crippen LogP contribution in [-0.2, 0) is 6.42 Å². The second kappa shape index (κ2) is 13.9. The lowest BCUT2D eigenvalue weighted by Crippen LogP contribution is -2.28. The highest BCUT2D eigenvalue weighted by atomic mass is 15.2. The first-order chi connectivity index (χ1) is 28.6. The van der Waals surface area contributed by atoms with Gasteiger partial charge in [0.1, 0.15) is 0 Å². The molecule has 11 rings (SSSR count). The van der Waals surface area contributed by atoms with E-state index in [-0.39, 0.29) is 5.92 Å². The molecule has 3 aliphatic rings. The van der Waals surface area contributed by atoms with E-state index in [1.165, 1.54) is 83.9 Å². The molecule has 7 aromatic carbocycles. The van der Waals surface area contributed by atoms with E-state index in [4.69, 9.17) is 4.98 Å². The summed E-state index contributed by atoms with van der Waals surface area (Å²) < 4.78 is 0. The Morgan fingerprint density at radius 1 is 0.448 bits per heavy atom. The molecule has 1 aromatic heterocycles. The van der Waals surface area contributed by atoms with Gasteiger partial charge < -0.3 is 4.90 Å². The van der Waals surface area contributed by atoms with E-state index in [2.05, 4.69) is 207 Å². The highest BCUT2D eigenvalue weighted by molar-refractivity contribution is 6.05. The summed E-state index contributed by atoms with van der Waals surface area (Å²) in [5.74, 6) is 0.256. The van der Waals surface area contributed by atoms with Crippen molar-refractivity contribution in [1.82, 2.24) is 4.98 Å². The Balaban J connectivity index is 0.999. The predicted octanol–water partition coefficient (Wildman–Crippen LogP) is 14.5. The Morgan fingerprint density at radius 3 is 1.76 bits per heavy atom. The summed E-state index contributed by atoms with van der Waals surface area (Å²) in [5.41, 5.74) is 25.0. The number of allylic oxidation sites excluding steroid dienone is 2. The lowest BCUT2D eigenvalue weighted by Gasteiger charge is -2.38. The molecule has 1 atom stereocenters. The van der Waals surface area contributed by atoms with Gasteiger partial charge in [0, 0.05) is 39.6 Å². The van der Waals surface area contributed by atoms with Crippen molar-refractivity contribution in [2.24, 2.45) is 0 Å². The van der Waals surface area contributed by atoms with Crippen molar-refractivity contribution in [3.05, 3.63) is 227 Å². The molecule has 0 N–H and O–H groups in total. The Bertz CT molecular complexity index is 2910. The fraction of sp³-hybridized carbons (Fsp3) is 0.0893. The van der Waals surface area contributed by atoms with Crippen molar-refractivity contribution < 1.29 is 0 Å². The van der Waals surface area contributed by atoms with Crippen LogP contribution in [0.25, 0.3) is 67.2 Å². The summed E-state index contributed by atoms with van der Waals surface area (Å²) in [6, 6.07) is 68.7. The molecule has 0 amide bonds. The average Bonchev–Trinajstić information content (AvgIpc) is 3.50. The molecule has 0 fully saturated rings. The number of pyridine rings is 1. The number of aryl methyl sites for hydroxylation is 1. The second-order valence-corrected chi connectivity index (χ2v) is 15.9. The third-order valence-electron chi connectivity index (χ3n) is 12.5. The van der Waals surface area contributed by atoms with Crippen LogP contribution >= 0.6 is 0 Å². The van der Waals surface area contributed by atoms with Gasteiger partial charge in [0.05, 0.1) is 17.1 Å². The minimum Gasteiger partial charge on any atom is -0.312 e. The lowest BCUT2D eigenvalue weighted by atomic mass is 9.87. The first-order valence-electron chi connectivity index (χ1n) is 20.5. The van der Waals surface area contributed by atoms with E-state index < -0.39 is 0 Å². The minimum absolute atomic E-state index is 0.256. The van der Waals surface area contributed by atoms with Crippen LogP contribution in [0.3, 0.4) is 0 Å². The summed E-state index contributed by atoms with van der Waals surface area (Å²) >= 11 is 0. The third kappa shape index (κ3) is 5.67. The van der Waals surface area contributed by atoms with Gasteiger partial charge >= 0.3 is 0 Å². The first kappa shape index (κ1) is 34.2. The van der Waals surface area contributed by atoms with Crippen molar-refractivity contribution in [3.8, 4) is 55.9 Å². The standard InChI is InChI=1S/C56H42N2/c1-36-27-28-40-19-9-12-26-53(40)58-55(36)49-25-11-10-24-48(49)54-50-33-44(29-30-47(50)37(2)56(54)58)42-21-13-20-41(31-42)43-22-14-23-45(32-43)52-35-46(38-15-5-3-6-16-38)34-51(57-52)39-17-7-4-8-18-39/h3-26,29-35,37H,27-28H2,1-2H3/t37-/m1/s1. The molecule has 2 aliphatic heterocycles. The summed E-state index contributed by atoms with van der Waals surface area (Å²) in [6.07, 6.45) is 2.12. The third-order valence-corrected chi connectivity index (χ3v) is 12.5. The van der Waals surface area contributed by atoms with Crippen molar-refractivity contribution in [2.45, 2.75) is 32.6 Å². The van der Waals surface area contributed by atoms with E-state index in [9.17, 15) is 0 Å². The molecule has 276 valence electrons. The van der Waals surface area contributed by atoms with Crippen molar-refractivity contribution in [1.29, 1.82) is 0 Å². The van der Waals surface area contributed by atoms with Crippen molar-refractivity contribution >= 4 is 17.0 Å². The van der Waals surface area contributed by atoms with Gasteiger partial charge in [0.2, 0.25) is 0 Å². The highest BCUT2D eigenvalue weighted by Crippen LogP contribution is 2.56. The molecule has 2 nitrogen and oxygen atoms in total. The van der Waals surface area contributed by atoms with Gasteiger partial charge in [-0.3, -0.25) is 0 Å². The summed E-state index contributed by atoms with van der Waals surface area (Å²) in [6.45, 7) is 4.74. The molecule has 0 saturated carbocycles. The van der Waals surface area contributed by atoms with Gasteiger partial charge in [-0.15, -0.1) is 0 Å². The largest absolute Gasteiger partial charge is 0.312 e. The summed E-state index contributed by atoms with van der Waals surface area (Å²) in [5, 5.41) is 0. The van der Waals surface area contributed by atoms with Crippen LogP contribution in [0.5, 0.6) is 0 Å². The van der Waals surface area contributed by atoms with Crippen LogP contribution in [0.2, 0.25) is 0 Å². The Hall–Kier alpha value is -7.03. The fourth-order valence-electron chi connectivity index (χ4n) is 9.59. The number of aromatic nitrogens is 1. The predicted molar refractivity (Wildman–Crippen MR) is 242 cm³/mol. The smallest absolute Gasteiger partial charge is 0.0715 e. The molecule has 0 bridgehead atoms. The van der Waals surface area contributed by atoms with Crippen LogP contribution in [0.1, 0.15) is 54.0 Å². The maximum atomic E-state index is 5.22. The molecule has 0 radical (unpaired) electrons. The highest BCUT2D eigenvalue weighted by Gasteiger charge is 2.41. The number of hydrogen-bond donors (Lipinski definition) is 0. The zero-order chi connectivity index (χ0) is 38.7. The number of fused-ring (bicyclic) bond motifs is 9. The molecule has 0 spiro atoms. The van der Waals surface area contributed by atoms with Crippen LogP contribution in [0.15, 0.2) is 199 Å². The van der Waals surface area contributed by atoms with Crippen molar-refractivity contribution in [3.63, 3.8) is 0 Å². The van der Waals surface area contributed by atoms with Crippen LogP contribution < -0.4 is 4.90 Å². The van der Waals surface area contributed by atoms with Gasteiger partial charge in [-0.2, -0.15) is 0 Å². The van der Waals surface area contributed by atoms with Gasteiger partial charge in [0.25, 0.3) is 0 Å². The maximum Gasteiger partial charge on any atom is 0.0715 e. The van der Waals surface area contributed by atoms with Gasteiger partial charge in [-0.25, -0.2) is 4.98 Å². The van der Waals surface area contributed by atoms with Crippen LogP contribution in [0.4, 0.5) is 5.69 Å². The molecule has 58 heavy (non-hydrogen) atoms. The molecular formula is C56H42N2. The molecule has 0 saturated heterocycles. The summed E-state index contributed by atoms with van der Waals surface area (Å²) in [4.78, 5) is 7.85. The van der Waals surface area contributed by atoms with Crippen LogP contribution in [-0.4, -0.2) is 4.98 Å². The number of anilines is 1. The normalized spacial score (nSPS) is 15.3. The first-order valence-corrected chi connectivity index (χ1v) is 20.5. The minimum atomic E-state index is 0.256. The quantitative estimate of drug-likeness (QED) is 0.175. The number of hydrogen-bond acceptors (Lipinski definition) is 2. The van der Waals surface area contributed by atoms with E-state index in [0.29, 0.717) is 0 Å². The van der Waals surface area contributed by atoms with Crippen molar-refractivity contribution in [2.75, 3.05) is 4.90 Å². The Kier molecular flexibility index (Phi) is 8.18.